The zero-order chi connectivity index (χ0) is 22.0. The van der Waals surface area contributed by atoms with E-state index in [0.29, 0.717) is 33.9 Å². The van der Waals surface area contributed by atoms with Gasteiger partial charge in [0.05, 0.1) is 6.20 Å². The van der Waals surface area contributed by atoms with Gasteiger partial charge in [0, 0.05) is 29.1 Å². The molecule has 0 saturated carbocycles. The average Bonchev–Trinajstić information content (AvgIpc) is 2.74. The molecule has 0 aliphatic carbocycles. The number of amides is 1. The van der Waals surface area contributed by atoms with Gasteiger partial charge in [-0.2, -0.15) is 0 Å². The SMILES string of the molecule is CC(C)(C)c1c(NC(=O)c2ccccc2)cccc1Oc1ccnc2ncc(=O)[nH]c12. The van der Waals surface area contributed by atoms with E-state index in [0.717, 1.165) is 5.56 Å². The van der Waals surface area contributed by atoms with E-state index >= 15 is 0 Å². The summed E-state index contributed by atoms with van der Waals surface area (Å²) in [4.78, 5) is 35.5. The molecule has 2 heterocycles. The van der Waals surface area contributed by atoms with Gasteiger partial charge in [-0.15, -0.1) is 0 Å². The average molecular weight is 414 g/mol. The third-order valence-electron chi connectivity index (χ3n) is 4.73. The van der Waals surface area contributed by atoms with Crippen molar-refractivity contribution in [3.63, 3.8) is 0 Å². The number of nitrogens with one attached hydrogen (secondary N) is 2. The maximum atomic E-state index is 12.8. The third-order valence-corrected chi connectivity index (χ3v) is 4.73. The summed E-state index contributed by atoms with van der Waals surface area (Å²) in [7, 11) is 0. The minimum Gasteiger partial charge on any atom is -0.455 e. The smallest absolute Gasteiger partial charge is 0.267 e. The highest BCUT2D eigenvalue weighted by Gasteiger charge is 2.25. The lowest BCUT2D eigenvalue weighted by Crippen LogP contribution is -2.19. The number of carbonyl (C=O) groups excluding carboxylic acids is 1. The maximum Gasteiger partial charge on any atom is 0.267 e. The Morgan fingerprint density at radius 2 is 1.74 bits per heavy atom. The van der Waals surface area contributed by atoms with Crippen LogP contribution in [0.2, 0.25) is 0 Å². The Labute approximate surface area is 179 Å². The standard InChI is InChI=1S/C24H22N4O3/c1-24(2,3)20-16(27-23(30)15-8-5-4-6-9-15)10-7-11-17(20)31-18-12-13-25-22-21(18)28-19(29)14-26-22/h4-14H,1-3H3,(H,27,30)(H,28,29). The molecule has 2 aromatic carbocycles. The van der Waals surface area contributed by atoms with Gasteiger partial charge >= 0.3 is 0 Å². The normalized spacial score (nSPS) is 11.3. The van der Waals surface area contributed by atoms with Gasteiger partial charge in [-0.05, 0) is 29.7 Å². The van der Waals surface area contributed by atoms with Crippen molar-refractivity contribution in [2.24, 2.45) is 0 Å². The molecule has 4 rings (SSSR count). The van der Waals surface area contributed by atoms with Crippen molar-refractivity contribution in [2.75, 3.05) is 5.32 Å². The van der Waals surface area contributed by atoms with E-state index < -0.39 is 0 Å². The Morgan fingerprint density at radius 3 is 2.48 bits per heavy atom. The van der Waals surface area contributed by atoms with Gasteiger partial charge in [-0.3, -0.25) is 9.59 Å². The second kappa shape index (κ2) is 8.02. The number of H-pyrrole nitrogens is 1. The molecule has 31 heavy (non-hydrogen) atoms. The number of aromatic nitrogens is 3. The van der Waals surface area contributed by atoms with Gasteiger partial charge in [0.1, 0.15) is 11.3 Å². The van der Waals surface area contributed by atoms with E-state index in [2.05, 4.69) is 20.3 Å². The summed E-state index contributed by atoms with van der Waals surface area (Å²) in [5, 5.41) is 3.00. The third kappa shape index (κ3) is 4.30. The Morgan fingerprint density at radius 1 is 0.968 bits per heavy atom. The van der Waals surface area contributed by atoms with Crippen LogP contribution in [0.3, 0.4) is 0 Å². The molecule has 0 atom stereocenters. The largest absolute Gasteiger partial charge is 0.455 e. The van der Waals surface area contributed by atoms with Crippen molar-refractivity contribution >= 4 is 22.8 Å². The van der Waals surface area contributed by atoms with E-state index in [1.807, 2.05) is 57.2 Å². The summed E-state index contributed by atoms with van der Waals surface area (Å²) in [6.45, 7) is 6.13. The highest BCUT2D eigenvalue weighted by atomic mass is 16.5. The summed E-state index contributed by atoms with van der Waals surface area (Å²) < 4.78 is 6.23. The van der Waals surface area contributed by atoms with Gasteiger partial charge in [-0.1, -0.05) is 45.0 Å². The van der Waals surface area contributed by atoms with E-state index in [1.54, 1.807) is 24.4 Å². The monoisotopic (exact) mass is 414 g/mol. The number of carbonyl (C=O) groups is 1. The highest BCUT2D eigenvalue weighted by molar-refractivity contribution is 6.04. The van der Waals surface area contributed by atoms with Crippen LogP contribution in [0.15, 0.2) is 71.8 Å². The Kier molecular flexibility index (Phi) is 5.25. The number of pyridine rings is 1. The summed E-state index contributed by atoms with van der Waals surface area (Å²) in [5.41, 5.74) is 2.16. The van der Waals surface area contributed by atoms with Crippen molar-refractivity contribution in [1.82, 2.24) is 15.0 Å². The molecule has 4 aromatic rings. The number of anilines is 1. The van der Waals surface area contributed by atoms with Gasteiger partial charge in [0.25, 0.3) is 11.5 Å². The first-order valence-electron chi connectivity index (χ1n) is 9.85. The number of hydrogen-bond donors (Lipinski definition) is 2. The number of hydrogen-bond acceptors (Lipinski definition) is 5. The first-order chi connectivity index (χ1) is 14.8. The number of fused-ring (bicyclic) bond motifs is 1. The summed E-state index contributed by atoms with van der Waals surface area (Å²) >= 11 is 0. The predicted molar refractivity (Wildman–Crippen MR) is 120 cm³/mol. The highest BCUT2D eigenvalue weighted by Crippen LogP contribution is 2.40. The van der Waals surface area contributed by atoms with Gasteiger partial charge < -0.3 is 15.0 Å². The Balaban J connectivity index is 1.77. The summed E-state index contributed by atoms with van der Waals surface area (Å²) in [5.74, 6) is 0.786. The van der Waals surface area contributed by atoms with Crippen LogP contribution in [0.25, 0.3) is 11.2 Å². The van der Waals surface area contributed by atoms with E-state index in [9.17, 15) is 9.59 Å². The molecule has 2 aromatic heterocycles. The van der Waals surface area contributed by atoms with Crippen LogP contribution in [0, 0.1) is 0 Å². The number of ether oxygens (including phenoxy) is 1. The van der Waals surface area contributed by atoms with Crippen LogP contribution in [0.5, 0.6) is 11.5 Å². The minimum absolute atomic E-state index is 0.203. The second-order valence-electron chi connectivity index (χ2n) is 8.11. The summed E-state index contributed by atoms with van der Waals surface area (Å²) in [6, 6.07) is 16.2. The van der Waals surface area contributed by atoms with Crippen LogP contribution < -0.4 is 15.6 Å². The number of benzene rings is 2. The summed E-state index contributed by atoms with van der Waals surface area (Å²) in [6.07, 6.45) is 2.75. The van der Waals surface area contributed by atoms with Crippen LogP contribution in [-0.2, 0) is 5.41 Å². The van der Waals surface area contributed by atoms with E-state index in [1.165, 1.54) is 6.20 Å². The van der Waals surface area contributed by atoms with Crippen molar-refractivity contribution in [3.05, 3.63) is 88.5 Å². The fourth-order valence-corrected chi connectivity index (χ4v) is 3.41. The first kappa shape index (κ1) is 20.3. The molecule has 0 fully saturated rings. The Hall–Kier alpha value is -4.00. The van der Waals surface area contributed by atoms with Crippen molar-refractivity contribution in [3.8, 4) is 11.5 Å². The van der Waals surface area contributed by atoms with Crippen molar-refractivity contribution < 1.29 is 9.53 Å². The number of rotatable bonds is 4. The van der Waals surface area contributed by atoms with Crippen LogP contribution in [0.4, 0.5) is 5.69 Å². The molecule has 0 saturated heterocycles. The predicted octanol–water partition coefficient (Wildman–Crippen LogP) is 4.66. The van der Waals surface area contributed by atoms with Crippen LogP contribution >= 0.6 is 0 Å². The lowest BCUT2D eigenvalue weighted by Gasteiger charge is -2.26. The van der Waals surface area contributed by atoms with Gasteiger partial charge in [0.2, 0.25) is 0 Å². The topological polar surface area (TPSA) is 97.0 Å². The lowest BCUT2D eigenvalue weighted by molar-refractivity contribution is 0.102. The fourth-order valence-electron chi connectivity index (χ4n) is 3.41. The zero-order valence-corrected chi connectivity index (χ0v) is 17.5. The Bertz CT molecular complexity index is 1310. The van der Waals surface area contributed by atoms with Crippen molar-refractivity contribution in [1.29, 1.82) is 0 Å². The molecular formula is C24H22N4O3. The minimum atomic E-state index is -0.343. The molecule has 0 aliphatic heterocycles. The molecule has 1 amide bonds. The lowest BCUT2D eigenvalue weighted by atomic mass is 9.85. The van der Waals surface area contributed by atoms with Crippen LogP contribution in [-0.4, -0.2) is 20.9 Å². The quantitative estimate of drug-likeness (QED) is 0.506. The second-order valence-corrected chi connectivity index (χ2v) is 8.11. The zero-order valence-electron chi connectivity index (χ0n) is 17.5. The molecule has 0 bridgehead atoms. The number of nitrogens with zero attached hydrogens (tertiary/aromatic N) is 2. The maximum absolute atomic E-state index is 12.8. The molecule has 0 unspecified atom stereocenters. The molecule has 7 heteroatoms. The van der Waals surface area contributed by atoms with E-state index in [-0.39, 0.29) is 16.9 Å². The fraction of sp³-hybridized carbons (Fsp3) is 0.167. The first-order valence-corrected chi connectivity index (χ1v) is 9.85. The molecule has 7 nitrogen and oxygen atoms in total. The molecular weight excluding hydrogens is 392 g/mol. The van der Waals surface area contributed by atoms with Gasteiger partial charge in [-0.25, -0.2) is 9.97 Å². The van der Waals surface area contributed by atoms with Crippen LogP contribution in [0.1, 0.15) is 36.7 Å². The molecule has 0 aliphatic rings. The molecule has 0 radical (unpaired) electrons. The molecule has 2 N–H and O–H groups in total. The molecule has 0 spiro atoms. The van der Waals surface area contributed by atoms with Crippen molar-refractivity contribution in [2.45, 2.75) is 26.2 Å². The van der Waals surface area contributed by atoms with Gasteiger partial charge in [0.15, 0.2) is 11.4 Å². The molecule has 156 valence electrons. The number of aromatic amines is 1. The van der Waals surface area contributed by atoms with E-state index in [4.69, 9.17) is 4.74 Å².